The number of amides is 4. The average molecular weight is 435 g/mol. The molecule has 3 atom stereocenters. The Morgan fingerprint density at radius 3 is 2.67 bits per heavy atom. The normalized spacial score (nSPS) is 22.1. The number of carbonyl (C=O) groups excluding carboxylic acids is 3. The van der Waals surface area contributed by atoms with E-state index in [9.17, 15) is 14.4 Å². The van der Waals surface area contributed by atoms with Crippen LogP contribution >= 0.6 is 11.8 Å². The summed E-state index contributed by atoms with van der Waals surface area (Å²) in [6.07, 6.45) is 3.94. The number of unbranched alkanes of at least 4 members (excludes halogenated alkanes) is 1. The maximum Gasteiger partial charge on any atom is 0.315 e. The van der Waals surface area contributed by atoms with E-state index < -0.39 is 0 Å². The number of rotatable bonds is 10. The predicted octanol–water partition coefficient (Wildman–Crippen LogP) is 0.813. The predicted molar refractivity (Wildman–Crippen MR) is 119 cm³/mol. The van der Waals surface area contributed by atoms with Gasteiger partial charge in [0.15, 0.2) is 0 Å². The summed E-state index contributed by atoms with van der Waals surface area (Å²) in [7, 11) is 0. The van der Waals surface area contributed by atoms with E-state index in [0.29, 0.717) is 48.1 Å². The molecule has 2 saturated heterocycles. The summed E-state index contributed by atoms with van der Waals surface area (Å²) < 4.78 is 0. The first kappa shape index (κ1) is 22.1. The maximum absolute atomic E-state index is 12.1. The second-order valence-electron chi connectivity index (χ2n) is 7.67. The number of hydrogen-bond acceptors (Lipinski definition) is 6. The van der Waals surface area contributed by atoms with Gasteiger partial charge >= 0.3 is 6.03 Å². The van der Waals surface area contributed by atoms with Crippen molar-refractivity contribution in [2.75, 3.05) is 30.3 Å². The standard InChI is InChI=1S/C20H30N6O3S/c21-13-7-6-12(10-14(13)22)19(28)24-9-3-8-23-17(27)5-2-1-4-16-18-15(11-30-16)25-20(29)26-18/h6-7,10,15-16,18H,1-5,8-9,11,21-22H2,(H,23,27)(H,24,28)(H2,25,26,29). The molecule has 0 saturated carbocycles. The summed E-state index contributed by atoms with van der Waals surface area (Å²) in [5.41, 5.74) is 12.6. The zero-order valence-corrected chi connectivity index (χ0v) is 17.7. The van der Waals surface area contributed by atoms with Gasteiger partial charge in [-0.2, -0.15) is 11.8 Å². The number of thioether (sulfide) groups is 1. The molecule has 0 aliphatic carbocycles. The summed E-state index contributed by atoms with van der Waals surface area (Å²) in [5, 5.41) is 12.0. The second-order valence-corrected chi connectivity index (χ2v) is 8.94. The van der Waals surface area contributed by atoms with Gasteiger partial charge in [-0.3, -0.25) is 9.59 Å². The first-order valence-electron chi connectivity index (χ1n) is 10.3. The van der Waals surface area contributed by atoms with Crippen LogP contribution in [0.2, 0.25) is 0 Å². The number of urea groups is 1. The third-order valence-electron chi connectivity index (χ3n) is 5.39. The fraction of sp³-hybridized carbons (Fsp3) is 0.550. The molecule has 0 bridgehead atoms. The van der Waals surface area contributed by atoms with E-state index in [1.54, 1.807) is 18.2 Å². The molecule has 9 nitrogen and oxygen atoms in total. The van der Waals surface area contributed by atoms with Crippen LogP contribution < -0.4 is 32.7 Å². The monoisotopic (exact) mass is 434 g/mol. The Morgan fingerprint density at radius 1 is 1.07 bits per heavy atom. The highest BCUT2D eigenvalue weighted by Gasteiger charge is 2.42. The molecule has 3 rings (SSSR count). The second kappa shape index (κ2) is 10.4. The molecule has 2 aliphatic rings. The van der Waals surface area contributed by atoms with Gasteiger partial charge < -0.3 is 32.7 Å². The number of benzene rings is 1. The zero-order chi connectivity index (χ0) is 21.5. The van der Waals surface area contributed by atoms with Crippen molar-refractivity contribution in [1.82, 2.24) is 21.3 Å². The van der Waals surface area contributed by atoms with Gasteiger partial charge in [0.1, 0.15) is 0 Å². The van der Waals surface area contributed by atoms with E-state index in [1.165, 1.54) is 0 Å². The largest absolute Gasteiger partial charge is 0.397 e. The Hall–Kier alpha value is -2.62. The van der Waals surface area contributed by atoms with Gasteiger partial charge in [-0.05, 0) is 37.5 Å². The molecule has 3 unspecified atom stereocenters. The molecule has 10 heteroatoms. The first-order chi connectivity index (χ1) is 14.4. The Labute approximate surface area is 180 Å². The van der Waals surface area contributed by atoms with E-state index in [4.69, 9.17) is 11.5 Å². The van der Waals surface area contributed by atoms with Crippen LogP contribution in [0.4, 0.5) is 16.2 Å². The Balaban J connectivity index is 1.21. The average Bonchev–Trinajstić information content (AvgIpc) is 3.26. The SMILES string of the molecule is Nc1ccc(C(=O)NCCCNC(=O)CCCCC2SCC3NC(=O)NC32)cc1N. The lowest BCUT2D eigenvalue weighted by Gasteiger charge is -2.16. The molecular weight excluding hydrogens is 404 g/mol. The molecule has 164 valence electrons. The minimum atomic E-state index is -0.214. The minimum absolute atomic E-state index is 0.0282. The molecule has 2 fully saturated rings. The van der Waals surface area contributed by atoms with Crippen molar-refractivity contribution < 1.29 is 14.4 Å². The smallest absolute Gasteiger partial charge is 0.315 e. The molecule has 8 N–H and O–H groups in total. The molecular formula is C20H30N6O3S. The molecule has 0 aromatic heterocycles. The van der Waals surface area contributed by atoms with E-state index in [1.807, 2.05) is 11.8 Å². The van der Waals surface area contributed by atoms with Crippen molar-refractivity contribution in [2.24, 2.45) is 0 Å². The highest BCUT2D eigenvalue weighted by molar-refractivity contribution is 8.00. The summed E-state index contributed by atoms with van der Waals surface area (Å²) in [4.78, 5) is 35.4. The molecule has 1 aromatic rings. The Morgan fingerprint density at radius 2 is 1.87 bits per heavy atom. The van der Waals surface area contributed by atoms with Crippen molar-refractivity contribution in [3.63, 3.8) is 0 Å². The Bertz CT molecular complexity index is 790. The van der Waals surface area contributed by atoms with Gasteiger partial charge in [0, 0.05) is 36.1 Å². The number of nitrogens with two attached hydrogens (primary N) is 2. The van der Waals surface area contributed by atoms with Crippen LogP contribution in [0.5, 0.6) is 0 Å². The molecule has 2 heterocycles. The quantitative estimate of drug-likeness (QED) is 0.182. The third-order valence-corrected chi connectivity index (χ3v) is 6.90. The number of nitrogen functional groups attached to an aromatic ring is 2. The van der Waals surface area contributed by atoms with Crippen LogP contribution in [0, 0.1) is 0 Å². The van der Waals surface area contributed by atoms with Gasteiger partial charge in [-0.15, -0.1) is 0 Å². The lowest BCUT2D eigenvalue weighted by molar-refractivity contribution is -0.121. The summed E-state index contributed by atoms with van der Waals surface area (Å²) >= 11 is 1.89. The van der Waals surface area contributed by atoms with Crippen LogP contribution in [0.3, 0.4) is 0 Å². The van der Waals surface area contributed by atoms with Crippen LogP contribution in [0.25, 0.3) is 0 Å². The Kier molecular flexibility index (Phi) is 7.67. The van der Waals surface area contributed by atoms with Gasteiger partial charge in [-0.25, -0.2) is 4.79 Å². The molecule has 0 radical (unpaired) electrons. The number of hydrogen-bond donors (Lipinski definition) is 6. The highest BCUT2D eigenvalue weighted by atomic mass is 32.2. The fourth-order valence-corrected chi connectivity index (χ4v) is 5.24. The highest BCUT2D eigenvalue weighted by Crippen LogP contribution is 2.33. The van der Waals surface area contributed by atoms with E-state index in [2.05, 4.69) is 21.3 Å². The lowest BCUT2D eigenvalue weighted by atomic mass is 10.0. The lowest BCUT2D eigenvalue weighted by Crippen LogP contribution is -2.36. The van der Waals surface area contributed by atoms with Crippen molar-refractivity contribution in [3.8, 4) is 0 Å². The number of carbonyl (C=O) groups is 3. The fourth-order valence-electron chi connectivity index (χ4n) is 3.70. The number of nitrogens with one attached hydrogen (secondary N) is 4. The van der Waals surface area contributed by atoms with Crippen molar-refractivity contribution in [3.05, 3.63) is 23.8 Å². The van der Waals surface area contributed by atoms with Crippen molar-refractivity contribution in [1.29, 1.82) is 0 Å². The molecule has 1 aromatic carbocycles. The number of fused-ring (bicyclic) bond motifs is 1. The molecule has 4 amide bonds. The first-order valence-corrected chi connectivity index (χ1v) is 11.4. The summed E-state index contributed by atoms with van der Waals surface area (Å²) in [5.74, 6) is 0.769. The molecule has 2 aliphatic heterocycles. The van der Waals surface area contributed by atoms with Crippen molar-refractivity contribution in [2.45, 2.75) is 49.4 Å². The van der Waals surface area contributed by atoms with Gasteiger partial charge in [-0.1, -0.05) is 6.42 Å². The van der Waals surface area contributed by atoms with E-state index >= 15 is 0 Å². The van der Waals surface area contributed by atoms with Crippen LogP contribution in [-0.4, -0.2) is 54.0 Å². The van der Waals surface area contributed by atoms with Gasteiger partial charge in [0.25, 0.3) is 5.91 Å². The van der Waals surface area contributed by atoms with Crippen LogP contribution in [0.1, 0.15) is 42.5 Å². The van der Waals surface area contributed by atoms with Crippen LogP contribution in [0.15, 0.2) is 18.2 Å². The summed E-state index contributed by atoms with van der Waals surface area (Å²) in [6, 6.07) is 5.18. The molecule has 0 spiro atoms. The number of anilines is 2. The minimum Gasteiger partial charge on any atom is -0.397 e. The van der Waals surface area contributed by atoms with Crippen LogP contribution in [-0.2, 0) is 4.79 Å². The zero-order valence-electron chi connectivity index (χ0n) is 16.9. The summed E-state index contributed by atoms with van der Waals surface area (Å²) in [6.45, 7) is 0.980. The molecule has 30 heavy (non-hydrogen) atoms. The van der Waals surface area contributed by atoms with Crippen molar-refractivity contribution >= 4 is 41.0 Å². The van der Waals surface area contributed by atoms with Gasteiger partial charge in [0.05, 0.1) is 23.5 Å². The maximum atomic E-state index is 12.1. The van der Waals surface area contributed by atoms with E-state index in [0.717, 1.165) is 25.0 Å². The topological polar surface area (TPSA) is 151 Å². The van der Waals surface area contributed by atoms with Gasteiger partial charge in [0.2, 0.25) is 5.91 Å². The third kappa shape index (κ3) is 5.94. The van der Waals surface area contributed by atoms with E-state index in [-0.39, 0.29) is 29.9 Å².